The Morgan fingerprint density at radius 1 is 1.25 bits per heavy atom. The Kier molecular flexibility index (Phi) is 5.16. The first kappa shape index (κ1) is 16.9. The van der Waals surface area contributed by atoms with Crippen LogP contribution in [0.15, 0.2) is 46.9 Å². The van der Waals surface area contributed by atoms with Crippen LogP contribution in [0.3, 0.4) is 0 Å². The molecule has 0 aliphatic heterocycles. The largest absolute Gasteiger partial charge is 0.362 e. The number of rotatable bonds is 4. The summed E-state index contributed by atoms with van der Waals surface area (Å²) in [5.41, 5.74) is 4.05. The van der Waals surface area contributed by atoms with Crippen molar-refractivity contribution in [3.8, 4) is 0 Å². The van der Waals surface area contributed by atoms with Gasteiger partial charge in [0.05, 0.1) is 0 Å². The monoisotopic (exact) mass is 405 g/mol. The summed E-state index contributed by atoms with van der Waals surface area (Å²) in [6, 6.07) is 12.6. The summed E-state index contributed by atoms with van der Waals surface area (Å²) in [4.78, 5) is 3.29. The van der Waals surface area contributed by atoms with E-state index < -0.39 is 0 Å². The molecule has 3 N–H and O–H groups in total. The number of nitrogens with one attached hydrogen (secondary N) is 3. The van der Waals surface area contributed by atoms with Gasteiger partial charge < -0.3 is 15.6 Å². The van der Waals surface area contributed by atoms with Crippen molar-refractivity contribution in [2.24, 2.45) is 0 Å². The van der Waals surface area contributed by atoms with Crippen molar-refractivity contribution < 1.29 is 4.39 Å². The van der Waals surface area contributed by atoms with E-state index in [9.17, 15) is 4.39 Å². The number of aryl methyl sites for hydroxylation is 1. The standard InChI is InChI=1S/C18H17BrFN3S/c1-11-15(16-10-13(20)5-6-17(16)22-11)7-8-21-18(24)23-14-4-2-3-12(19)9-14/h2-6,9-10,22H,7-8H2,1H3,(H2,21,23,24). The van der Waals surface area contributed by atoms with E-state index in [0.29, 0.717) is 11.7 Å². The molecular weight excluding hydrogens is 389 g/mol. The number of benzene rings is 2. The van der Waals surface area contributed by atoms with E-state index in [-0.39, 0.29) is 5.82 Å². The Morgan fingerprint density at radius 2 is 2.08 bits per heavy atom. The minimum absolute atomic E-state index is 0.220. The summed E-state index contributed by atoms with van der Waals surface area (Å²) in [5.74, 6) is -0.220. The van der Waals surface area contributed by atoms with Gasteiger partial charge >= 0.3 is 0 Å². The molecule has 0 bridgehead atoms. The summed E-state index contributed by atoms with van der Waals surface area (Å²) < 4.78 is 14.5. The van der Waals surface area contributed by atoms with Crippen molar-refractivity contribution in [1.82, 2.24) is 10.3 Å². The molecule has 1 heterocycles. The van der Waals surface area contributed by atoms with E-state index in [0.717, 1.165) is 38.7 Å². The normalized spacial score (nSPS) is 10.8. The van der Waals surface area contributed by atoms with Crippen LogP contribution in [-0.4, -0.2) is 16.6 Å². The predicted octanol–water partition coefficient (Wildman–Crippen LogP) is 4.91. The summed E-state index contributed by atoms with van der Waals surface area (Å²) in [7, 11) is 0. The van der Waals surface area contributed by atoms with Crippen molar-refractivity contribution in [2.45, 2.75) is 13.3 Å². The van der Waals surface area contributed by atoms with Crippen LogP contribution in [-0.2, 0) is 6.42 Å². The maximum atomic E-state index is 13.5. The third kappa shape index (κ3) is 3.94. The highest BCUT2D eigenvalue weighted by atomic mass is 79.9. The summed E-state index contributed by atoms with van der Waals surface area (Å²) in [5, 5.41) is 7.84. The van der Waals surface area contributed by atoms with Gasteiger partial charge in [-0.2, -0.15) is 0 Å². The van der Waals surface area contributed by atoms with Crippen LogP contribution in [0.5, 0.6) is 0 Å². The van der Waals surface area contributed by atoms with Crippen molar-refractivity contribution >= 4 is 49.9 Å². The third-order valence-electron chi connectivity index (χ3n) is 3.82. The van der Waals surface area contributed by atoms with Gasteiger partial charge in [-0.05, 0) is 67.5 Å². The Balaban J connectivity index is 1.61. The van der Waals surface area contributed by atoms with Crippen LogP contribution >= 0.6 is 28.1 Å². The molecule has 0 aliphatic carbocycles. The molecule has 24 heavy (non-hydrogen) atoms. The van der Waals surface area contributed by atoms with Gasteiger partial charge in [-0.1, -0.05) is 22.0 Å². The maximum absolute atomic E-state index is 13.5. The second-order valence-corrected chi connectivity index (χ2v) is 6.88. The quantitative estimate of drug-likeness (QED) is 0.540. The molecule has 0 aliphatic rings. The first-order chi connectivity index (χ1) is 11.5. The van der Waals surface area contributed by atoms with Crippen LogP contribution in [0.4, 0.5) is 10.1 Å². The number of aromatic amines is 1. The summed E-state index contributed by atoms with van der Waals surface area (Å²) in [6.45, 7) is 2.68. The van der Waals surface area contributed by atoms with E-state index in [4.69, 9.17) is 12.2 Å². The summed E-state index contributed by atoms with van der Waals surface area (Å²) >= 11 is 8.75. The maximum Gasteiger partial charge on any atom is 0.170 e. The molecule has 0 amide bonds. The molecule has 0 fully saturated rings. The lowest BCUT2D eigenvalue weighted by atomic mass is 10.1. The Hall–Kier alpha value is -1.92. The molecule has 0 spiro atoms. The fraction of sp³-hybridized carbons (Fsp3) is 0.167. The average molecular weight is 406 g/mol. The van der Waals surface area contributed by atoms with Gasteiger partial charge in [0.1, 0.15) is 5.82 Å². The van der Waals surface area contributed by atoms with E-state index >= 15 is 0 Å². The first-order valence-electron chi connectivity index (χ1n) is 7.60. The molecule has 124 valence electrons. The molecule has 6 heteroatoms. The van der Waals surface area contributed by atoms with Gasteiger partial charge in [0.25, 0.3) is 0 Å². The molecule has 0 saturated heterocycles. The van der Waals surface area contributed by atoms with Gasteiger partial charge in [0.15, 0.2) is 5.11 Å². The molecule has 0 atom stereocenters. The van der Waals surface area contributed by atoms with E-state index in [1.165, 1.54) is 6.07 Å². The lowest BCUT2D eigenvalue weighted by molar-refractivity contribution is 0.629. The summed E-state index contributed by atoms with van der Waals surface area (Å²) in [6.07, 6.45) is 0.760. The fourth-order valence-electron chi connectivity index (χ4n) is 2.72. The van der Waals surface area contributed by atoms with Crippen molar-refractivity contribution in [3.63, 3.8) is 0 Å². The van der Waals surface area contributed by atoms with Crippen molar-refractivity contribution in [1.29, 1.82) is 0 Å². The number of thiocarbonyl (C=S) groups is 1. The minimum Gasteiger partial charge on any atom is -0.362 e. The smallest absolute Gasteiger partial charge is 0.170 e. The van der Waals surface area contributed by atoms with Crippen molar-refractivity contribution in [2.75, 3.05) is 11.9 Å². The molecule has 3 nitrogen and oxygen atoms in total. The molecule has 1 aromatic heterocycles. The molecule has 3 rings (SSSR count). The molecule has 3 aromatic rings. The number of aromatic nitrogens is 1. The number of anilines is 1. The Labute approximate surface area is 153 Å². The van der Waals surface area contributed by atoms with Crippen LogP contribution in [0, 0.1) is 12.7 Å². The van der Waals surface area contributed by atoms with Crippen molar-refractivity contribution in [3.05, 3.63) is 64.0 Å². The topological polar surface area (TPSA) is 39.9 Å². The van der Waals surface area contributed by atoms with E-state index in [1.807, 2.05) is 31.2 Å². The second kappa shape index (κ2) is 7.32. The highest BCUT2D eigenvalue weighted by Crippen LogP contribution is 2.23. The number of halogens is 2. The predicted molar refractivity (Wildman–Crippen MR) is 105 cm³/mol. The van der Waals surface area contributed by atoms with Crippen LogP contribution < -0.4 is 10.6 Å². The van der Waals surface area contributed by atoms with Crippen LogP contribution in [0.1, 0.15) is 11.3 Å². The lowest BCUT2D eigenvalue weighted by Gasteiger charge is -2.11. The molecular formula is C18H17BrFN3S. The van der Waals surface area contributed by atoms with Crippen LogP contribution in [0.2, 0.25) is 0 Å². The van der Waals surface area contributed by atoms with Gasteiger partial charge in [-0.3, -0.25) is 0 Å². The number of hydrogen-bond acceptors (Lipinski definition) is 1. The molecule has 0 radical (unpaired) electrons. The number of fused-ring (bicyclic) bond motifs is 1. The minimum atomic E-state index is -0.220. The highest BCUT2D eigenvalue weighted by molar-refractivity contribution is 9.10. The van der Waals surface area contributed by atoms with Gasteiger partial charge in [-0.15, -0.1) is 0 Å². The zero-order valence-electron chi connectivity index (χ0n) is 13.1. The zero-order valence-corrected chi connectivity index (χ0v) is 15.5. The third-order valence-corrected chi connectivity index (χ3v) is 4.56. The molecule has 2 aromatic carbocycles. The number of hydrogen-bond donors (Lipinski definition) is 3. The number of H-pyrrole nitrogens is 1. The van der Waals surface area contributed by atoms with Gasteiger partial charge in [0.2, 0.25) is 0 Å². The second-order valence-electron chi connectivity index (χ2n) is 5.56. The fourth-order valence-corrected chi connectivity index (χ4v) is 3.34. The zero-order chi connectivity index (χ0) is 17.1. The Morgan fingerprint density at radius 3 is 2.88 bits per heavy atom. The lowest BCUT2D eigenvalue weighted by Crippen LogP contribution is -2.30. The Bertz CT molecular complexity index is 891. The van der Waals surface area contributed by atoms with Gasteiger partial charge in [-0.25, -0.2) is 4.39 Å². The SMILES string of the molecule is Cc1[nH]c2ccc(F)cc2c1CCNC(=S)Nc1cccc(Br)c1. The van der Waals surface area contributed by atoms with Crippen LogP contribution in [0.25, 0.3) is 10.9 Å². The van der Waals surface area contributed by atoms with E-state index in [2.05, 4.69) is 31.5 Å². The average Bonchev–Trinajstić information content (AvgIpc) is 2.83. The molecule has 0 unspecified atom stereocenters. The highest BCUT2D eigenvalue weighted by Gasteiger charge is 2.09. The van der Waals surface area contributed by atoms with E-state index in [1.54, 1.807) is 12.1 Å². The first-order valence-corrected chi connectivity index (χ1v) is 8.80. The van der Waals surface area contributed by atoms with Gasteiger partial charge in [0, 0.05) is 33.3 Å². The molecule has 0 saturated carbocycles.